The average Bonchev–Trinajstić information content (AvgIpc) is 2.51. The van der Waals surface area contributed by atoms with Crippen LogP contribution < -0.4 is 4.57 Å². The van der Waals surface area contributed by atoms with Crippen molar-refractivity contribution in [3.63, 3.8) is 0 Å². The molecule has 0 atom stereocenters. The summed E-state index contributed by atoms with van der Waals surface area (Å²) in [5, 5.41) is 0. The quantitative estimate of drug-likeness (QED) is 0.599. The first-order valence-corrected chi connectivity index (χ1v) is 4.57. The third kappa shape index (κ3) is 5.98. The molecule has 5 heteroatoms. The van der Waals surface area contributed by atoms with Gasteiger partial charge in [0.25, 0.3) is 5.82 Å². The van der Waals surface area contributed by atoms with Gasteiger partial charge in [0, 0.05) is 6.42 Å². The van der Waals surface area contributed by atoms with E-state index < -0.39 is 0 Å². The van der Waals surface area contributed by atoms with Crippen molar-refractivity contribution >= 4 is 28.6 Å². The summed E-state index contributed by atoms with van der Waals surface area (Å²) in [5.41, 5.74) is 0. The zero-order chi connectivity index (χ0) is 9.40. The Kier molecular flexibility index (Phi) is 11.7. The maximum absolute atomic E-state index is 8.17. The van der Waals surface area contributed by atoms with Crippen molar-refractivity contribution in [2.24, 2.45) is 7.05 Å². The topological polar surface area (TPSA) is 36.7 Å². The monoisotopic (exact) mass is 218 g/mol. The standard InChI is InChI=1S/C8H14N2.Al.ClH.O/c1-3-4-5-8-9-6-7-10(8)2;;;/h6-7H,3-5H2,1-2H3;;1H;/p+1. The van der Waals surface area contributed by atoms with Crippen molar-refractivity contribution < 1.29 is 8.37 Å². The predicted octanol–water partition coefficient (Wildman–Crippen LogP) is 1.10. The molecule has 0 unspecified atom stereocenters. The van der Waals surface area contributed by atoms with Crippen LogP contribution in [0.1, 0.15) is 25.6 Å². The second-order valence-corrected chi connectivity index (χ2v) is 2.62. The SMILES string of the molecule is CCCCc1[nH]cc[n+]1C.Cl.[O]=[Al]. The third-order valence-corrected chi connectivity index (χ3v) is 1.74. The third-order valence-electron chi connectivity index (χ3n) is 1.74. The first-order chi connectivity index (χ1) is 5.84. The molecule has 0 spiro atoms. The van der Waals surface area contributed by atoms with Crippen LogP contribution in [-0.4, -0.2) is 21.2 Å². The summed E-state index contributed by atoms with van der Waals surface area (Å²) >= 11 is 1.17. The van der Waals surface area contributed by atoms with Gasteiger partial charge in [0.1, 0.15) is 12.4 Å². The van der Waals surface area contributed by atoms with Gasteiger partial charge < -0.3 is 0 Å². The summed E-state index contributed by atoms with van der Waals surface area (Å²) in [7, 11) is 2.07. The Balaban J connectivity index is 0. The number of aromatic nitrogens is 2. The van der Waals surface area contributed by atoms with E-state index in [2.05, 4.69) is 23.5 Å². The number of hydrogen-bond acceptors (Lipinski definition) is 1. The number of halogens is 1. The molecule has 3 nitrogen and oxygen atoms in total. The summed E-state index contributed by atoms with van der Waals surface area (Å²) in [4.78, 5) is 3.20. The van der Waals surface area contributed by atoms with Crippen LogP contribution in [0.4, 0.5) is 0 Å². The Labute approximate surface area is 93.6 Å². The molecule has 1 aromatic rings. The molecule has 1 aromatic heterocycles. The molecule has 13 heavy (non-hydrogen) atoms. The van der Waals surface area contributed by atoms with E-state index in [1.165, 1.54) is 41.3 Å². The molecule has 1 radical (unpaired) electrons. The molecule has 0 aliphatic rings. The fourth-order valence-electron chi connectivity index (χ4n) is 1.03. The molecule has 0 aromatic carbocycles. The van der Waals surface area contributed by atoms with E-state index in [0.29, 0.717) is 0 Å². The Morgan fingerprint density at radius 2 is 2.15 bits per heavy atom. The Bertz CT molecular complexity index is 218. The summed E-state index contributed by atoms with van der Waals surface area (Å²) < 4.78 is 10.3. The van der Waals surface area contributed by atoms with Gasteiger partial charge in [-0.2, -0.15) is 0 Å². The molecule has 0 aliphatic heterocycles. The summed E-state index contributed by atoms with van der Waals surface area (Å²) in [6.07, 6.45) is 7.73. The van der Waals surface area contributed by atoms with Gasteiger partial charge in [-0.15, -0.1) is 12.4 Å². The molecule has 0 fully saturated rings. The van der Waals surface area contributed by atoms with Crippen LogP contribution in [0.2, 0.25) is 0 Å². The molecule has 0 bridgehead atoms. The summed E-state index contributed by atoms with van der Waals surface area (Å²) in [6, 6.07) is 0. The molecule has 0 aliphatic carbocycles. The van der Waals surface area contributed by atoms with Gasteiger partial charge >= 0.3 is 20.0 Å². The van der Waals surface area contributed by atoms with Crippen LogP contribution in [-0.2, 0) is 17.3 Å². The van der Waals surface area contributed by atoms with Crippen molar-refractivity contribution in [3.8, 4) is 0 Å². The molecular formula is C8H16AlClN2O+. The van der Waals surface area contributed by atoms with E-state index >= 15 is 0 Å². The van der Waals surface area contributed by atoms with Gasteiger partial charge in [-0.3, -0.25) is 0 Å². The van der Waals surface area contributed by atoms with Crippen LogP contribution >= 0.6 is 12.4 Å². The first-order valence-electron chi connectivity index (χ1n) is 4.10. The summed E-state index contributed by atoms with van der Waals surface area (Å²) in [5.74, 6) is 1.32. The fourth-order valence-corrected chi connectivity index (χ4v) is 1.03. The zero-order valence-electron chi connectivity index (χ0n) is 8.12. The van der Waals surface area contributed by atoms with Crippen molar-refractivity contribution in [1.29, 1.82) is 0 Å². The van der Waals surface area contributed by atoms with E-state index in [1.54, 1.807) is 0 Å². The van der Waals surface area contributed by atoms with Gasteiger partial charge in [0.15, 0.2) is 0 Å². The average molecular weight is 219 g/mol. The van der Waals surface area contributed by atoms with E-state index in [-0.39, 0.29) is 12.4 Å². The van der Waals surface area contributed by atoms with Crippen LogP contribution in [0.15, 0.2) is 12.4 Å². The number of H-pyrrole nitrogens is 1. The van der Waals surface area contributed by atoms with Gasteiger partial charge in [0.05, 0.1) is 7.05 Å². The number of rotatable bonds is 3. The van der Waals surface area contributed by atoms with Gasteiger partial charge in [0.2, 0.25) is 0 Å². The normalized spacial score (nSPS) is 8.08. The molecule has 0 amide bonds. The molecule has 1 heterocycles. The number of unbranched alkanes of at least 4 members (excludes halogenated alkanes) is 1. The minimum atomic E-state index is 0. The second kappa shape index (κ2) is 9.92. The predicted molar refractivity (Wildman–Crippen MR) is 54.3 cm³/mol. The van der Waals surface area contributed by atoms with Crippen LogP contribution in [0.5, 0.6) is 0 Å². The number of aromatic amines is 1. The van der Waals surface area contributed by atoms with E-state index in [9.17, 15) is 0 Å². The van der Waals surface area contributed by atoms with E-state index in [1.807, 2.05) is 12.4 Å². The Hall–Kier alpha value is -0.168. The Morgan fingerprint density at radius 3 is 2.54 bits per heavy atom. The van der Waals surface area contributed by atoms with Gasteiger partial charge in [-0.1, -0.05) is 13.3 Å². The molecule has 1 N–H and O–H groups in total. The molecule has 1 rings (SSSR count). The van der Waals surface area contributed by atoms with E-state index in [4.69, 9.17) is 3.80 Å². The van der Waals surface area contributed by atoms with Gasteiger partial charge in [-0.05, 0) is 6.42 Å². The van der Waals surface area contributed by atoms with Crippen molar-refractivity contribution in [2.45, 2.75) is 26.2 Å². The number of hydrogen-bond donors (Lipinski definition) is 1. The van der Waals surface area contributed by atoms with Crippen molar-refractivity contribution in [1.82, 2.24) is 4.98 Å². The number of nitrogens with zero attached hydrogens (tertiary/aromatic N) is 1. The van der Waals surface area contributed by atoms with Crippen LogP contribution in [0.3, 0.4) is 0 Å². The number of nitrogens with one attached hydrogen (secondary N) is 1. The molecule has 0 saturated carbocycles. The molecular weight excluding hydrogens is 203 g/mol. The van der Waals surface area contributed by atoms with Crippen molar-refractivity contribution in [3.05, 3.63) is 18.2 Å². The van der Waals surface area contributed by atoms with Crippen molar-refractivity contribution in [2.75, 3.05) is 0 Å². The molecule has 0 saturated heterocycles. The Morgan fingerprint density at radius 1 is 1.54 bits per heavy atom. The number of aryl methyl sites for hydroxylation is 2. The van der Waals surface area contributed by atoms with Crippen LogP contribution in [0, 0.1) is 0 Å². The maximum atomic E-state index is 8.17. The van der Waals surface area contributed by atoms with Crippen LogP contribution in [0.25, 0.3) is 0 Å². The van der Waals surface area contributed by atoms with E-state index in [0.717, 1.165) is 0 Å². The number of imidazole rings is 1. The second-order valence-electron chi connectivity index (χ2n) is 2.62. The molecule has 73 valence electrons. The first kappa shape index (κ1) is 15.3. The zero-order valence-corrected chi connectivity index (χ0v) is 10.1. The van der Waals surface area contributed by atoms with Gasteiger partial charge in [-0.25, -0.2) is 9.55 Å². The summed E-state index contributed by atoms with van der Waals surface area (Å²) in [6.45, 7) is 2.21. The minimum absolute atomic E-state index is 0. The fraction of sp³-hybridized carbons (Fsp3) is 0.625.